The van der Waals surface area contributed by atoms with Gasteiger partial charge in [-0.3, -0.25) is 14.9 Å². The standard InChI is InChI=1S/C17H18N2O4S/c1-11-15(5-4-6-16(11)19(21)22)18-17(20)12(2)24-14-9-7-13(23-3)8-10-14/h4-10,12H,1-3H3,(H,18,20). The van der Waals surface area contributed by atoms with Gasteiger partial charge in [0.1, 0.15) is 5.75 Å². The first-order chi connectivity index (χ1) is 11.4. The zero-order chi connectivity index (χ0) is 17.7. The molecule has 0 fully saturated rings. The number of nitro benzene ring substituents is 1. The molecule has 0 aliphatic heterocycles. The molecule has 0 aromatic heterocycles. The molecule has 2 aromatic carbocycles. The lowest BCUT2D eigenvalue weighted by molar-refractivity contribution is -0.385. The molecule has 0 heterocycles. The van der Waals surface area contributed by atoms with Gasteiger partial charge in [-0.2, -0.15) is 0 Å². The smallest absolute Gasteiger partial charge is 0.274 e. The van der Waals surface area contributed by atoms with Crippen LogP contribution in [0.3, 0.4) is 0 Å². The normalized spacial score (nSPS) is 11.6. The van der Waals surface area contributed by atoms with Crippen molar-refractivity contribution in [3.8, 4) is 5.75 Å². The first-order valence-electron chi connectivity index (χ1n) is 7.28. The Hall–Kier alpha value is -2.54. The monoisotopic (exact) mass is 346 g/mol. The van der Waals surface area contributed by atoms with Gasteiger partial charge in [-0.1, -0.05) is 6.07 Å². The zero-order valence-corrected chi connectivity index (χ0v) is 14.4. The van der Waals surface area contributed by atoms with E-state index in [1.54, 1.807) is 33.1 Å². The molecule has 6 nitrogen and oxygen atoms in total. The number of methoxy groups -OCH3 is 1. The topological polar surface area (TPSA) is 81.5 Å². The van der Waals surface area contributed by atoms with Crippen molar-refractivity contribution in [2.75, 3.05) is 12.4 Å². The minimum Gasteiger partial charge on any atom is -0.497 e. The van der Waals surface area contributed by atoms with E-state index in [2.05, 4.69) is 5.32 Å². The Bertz CT molecular complexity index is 747. The SMILES string of the molecule is COc1ccc(SC(C)C(=O)Nc2cccc([N+](=O)[O-])c2C)cc1. The Morgan fingerprint density at radius 1 is 1.25 bits per heavy atom. The number of hydrogen-bond acceptors (Lipinski definition) is 5. The summed E-state index contributed by atoms with van der Waals surface area (Å²) in [6, 6.07) is 12.1. The van der Waals surface area contributed by atoms with Gasteiger partial charge in [-0.15, -0.1) is 11.8 Å². The average Bonchev–Trinajstić information content (AvgIpc) is 2.57. The predicted octanol–water partition coefficient (Wildman–Crippen LogP) is 4.03. The third-order valence-corrected chi connectivity index (χ3v) is 4.61. The van der Waals surface area contributed by atoms with Gasteiger partial charge in [0.2, 0.25) is 5.91 Å². The molecule has 7 heteroatoms. The first-order valence-corrected chi connectivity index (χ1v) is 8.16. The number of nitro groups is 1. The van der Waals surface area contributed by atoms with E-state index in [-0.39, 0.29) is 16.8 Å². The van der Waals surface area contributed by atoms with E-state index in [1.807, 2.05) is 24.3 Å². The summed E-state index contributed by atoms with van der Waals surface area (Å²) in [4.78, 5) is 23.8. The molecule has 0 saturated heterocycles. The van der Waals surface area contributed by atoms with Crippen LogP contribution in [0.2, 0.25) is 0 Å². The third-order valence-electron chi connectivity index (χ3n) is 3.50. The van der Waals surface area contributed by atoms with E-state index in [9.17, 15) is 14.9 Å². The molecule has 1 N–H and O–H groups in total. The Kier molecular flexibility index (Phi) is 5.81. The number of amides is 1. The van der Waals surface area contributed by atoms with Crippen molar-refractivity contribution in [1.82, 2.24) is 0 Å². The molecular formula is C17H18N2O4S. The van der Waals surface area contributed by atoms with Crippen molar-refractivity contribution in [3.05, 3.63) is 58.1 Å². The molecular weight excluding hydrogens is 328 g/mol. The van der Waals surface area contributed by atoms with Gasteiger partial charge in [-0.05, 0) is 44.2 Å². The number of benzene rings is 2. The number of carbonyl (C=O) groups is 1. The van der Waals surface area contributed by atoms with Crippen LogP contribution in [-0.4, -0.2) is 23.2 Å². The fourth-order valence-corrected chi connectivity index (χ4v) is 2.97. The highest BCUT2D eigenvalue weighted by atomic mass is 32.2. The molecule has 2 aromatic rings. The first kappa shape index (κ1) is 17.8. The van der Waals surface area contributed by atoms with Crippen molar-refractivity contribution in [3.63, 3.8) is 0 Å². The fraction of sp³-hybridized carbons (Fsp3) is 0.235. The highest BCUT2D eigenvalue weighted by Gasteiger charge is 2.18. The molecule has 0 radical (unpaired) electrons. The van der Waals surface area contributed by atoms with Crippen molar-refractivity contribution >= 4 is 29.0 Å². The zero-order valence-electron chi connectivity index (χ0n) is 13.6. The van der Waals surface area contributed by atoms with Gasteiger partial charge in [0.05, 0.1) is 28.5 Å². The van der Waals surface area contributed by atoms with Crippen LogP contribution >= 0.6 is 11.8 Å². The average molecular weight is 346 g/mol. The second-order valence-electron chi connectivity index (χ2n) is 5.13. The van der Waals surface area contributed by atoms with Crippen LogP contribution in [-0.2, 0) is 4.79 Å². The molecule has 0 bridgehead atoms. The largest absolute Gasteiger partial charge is 0.497 e. The Balaban J connectivity index is 2.06. The van der Waals surface area contributed by atoms with Crippen molar-refractivity contribution in [2.24, 2.45) is 0 Å². The van der Waals surface area contributed by atoms with Gasteiger partial charge in [0, 0.05) is 11.0 Å². The molecule has 0 saturated carbocycles. The van der Waals surface area contributed by atoms with Gasteiger partial charge >= 0.3 is 0 Å². The van der Waals surface area contributed by atoms with E-state index < -0.39 is 4.92 Å². The number of nitrogens with zero attached hydrogens (tertiary/aromatic N) is 1. The summed E-state index contributed by atoms with van der Waals surface area (Å²) >= 11 is 1.41. The second kappa shape index (κ2) is 7.83. The summed E-state index contributed by atoms with van der Waals surface area (Å²) in [5, 5.41) is 13.4. The molecule has 0 aliphatic carbocycles. The van der Waals surface area contributed by atoms with Gasteiger partial charge in [0.15, 0.2) is 0 Å². The fourth-order valence-electron chi connectivity index (χ4n) is 2.10. The van der Waals surface area contributed by atoms with E-state index in [1.165, 1.54) is 17.8 Å². The molecule has 0 spiro atoms. The molecule has 0 aliphatic rings. The molecule has 1 atom stereocenters. The Morgan fingerprint density at radius 2 is 1.92 bits per heavy atom. The lowest BCUT2D eigenvalue weighted by atomic mass is 10.1. The minimum absolute atomic E-state index is 0.0109. The molecule has 1 unspecified atom stereocenters. The maximum Gasteiger partial charge on any atom is 0.274 e. The van der Waals surface area contributed by atoms with Crippen LogP contribution in [0.5, 0.6) is 5.75 Å². The summed E-state index contributed by atoms with van der Waals surface area (Å²) in [6.45, 7) is 3.41. The summed E-state index contributed by atoms with van der Waals surface area (Å²) in [5.74, 6) is 0.545. The maximum absolute atomic E-state index is 12.3. The van der Waals surface area contributed by atoms with E-state index in [4.69, 9.17) is 4.74 Å². The van der Waals surface area contributed by atoms with Crippen LogP contribution in [0.25, 0.3) is 0 Å². The predicted molar refractivity (Wildman–Crippen MR) is 94.8 cm³/mol. The number of carbonyl (C=O) groups excluding carboxylic acids is 1. The second-order valence-corrected chi connectivity index (χ2v) is 6.55. The lowest BCUT2D eigenvalue weighted by Crippen LogP contribution is -2.22. The number of rotatable bonds is 6. The highest BCUT2D eigenvalue weighted by molar-refractivity contribution is 8.00. The van der Waals surface area contributed by atoms with Crippen LogP contribution in [0.1, 0.15) is 12.5 Å². The molecule has 126 valence electrons. The minimum atomic E-state index is -0.458. The summed E-state index contributed by atoms with van der Waals surface area (Å²) < 4.78 is 5.10. The number of hydrogen-bond donors (Lipinski definition) is 1. The number of nitrogens with one attached hydrogen (secondary N) is 1. The number of anilines is 1. The van der Waals surface area contributed by atoms with Gasteiger partial charge in [0.25, 0.3) is 5.69 Å². The lowest BCUT2D eigenvalue weighted by Gasteiger charge is -2.13. The Morgan fingerprint density at radius 3 is 2.50 bits per heavy atom. The number of ether oxygens (including phenoxy) is 1. The van der Waals surface area contributed by atoms with Gasteiger partial charge in [-0.25, -0.2) is 0 Å². The van der Waals surface area contributed by atoms with Crippen molar-refractivity contribution < 1.29 is 14.5 Å². The molecule has 24 heavy (non-hydrogen) atoms. The molecule has 1 amide bonds. The maximum atomic E-state index is 12.3. The number of thioether (sulfide) groups is 1. The van der Waals surface area contributed by atoms with Crippen LogP contribution in [0.4, 0.5) is 11.4 Å². The summed E-state index contributed by atoms with van der Waals surface area (Å²) in [7, 11) is 1.60. The van der Waals surface area contributed by atoms with Crippen molar-refractivity contribution in [2.45, 2.75) is 24.0 Å². The summed E-state index contributed by atoms with van der Waals surface area (Å²) in [6.07, 6.45) is 0. The van der Waals surface area contributed by atoms with Crippen LogP contribution in [0.15, 0.2) is 47.4 Å². The summed E-state index contributed by atoms with van der Waals surface area (Å²) in [5.41, 5.74) is 0.886. The van der Waals surface area contributed by atoms with E-state index in [0.717, 1.165) is 10.6 Å². The Labute approximate surface area is 144 Å². The molecule has 2 rings (SSSR count). The highest BCUT2D eigenvalue weighted by Crippen LogP contribution is 2.28. The van der Waals surface area contributed by atoms with E-state index in [0.29, 0.717) is 11.3 Å². The van der Waals surface area contributed by atoms with Gasteiger partial charge < -0.3 is 10.1 Å². The van der Waals surface area contributed by atoms with Crippen molar-refractivity contribution in [1.29, 1.82) is 0 Å². The third kappa shape index (κ3) is 4.26. The quantitative estimate of drug-likeness (QED) is 0.485. The van der Waals surface area contributed by atoms with Crippen LogP contribution < -0.4 is 10.1 Å². The van der Waals surface area contributed by atoms with Crippen LogP contribution in [0, 0.1) is 17.0 Å². The van der Waals surface area contributed by atoms with E-state index >= 15 is 0 Å².